The Morgan fingerprint density at radius 1 is 1.06 bits per heavy atom. The van der Waals surface area contributed by atoms with Crippen LogP contribution in [-0.4, -0.2) is 36.7 Å². The molecule has 0 aliphatic carbocycles. The van der Waals surface area contributed by atoms with Crippen LogP contribution >= 0.6 is 11.3 Å². The van der Waals surface area contributed by atoms with Gasteiger partial charge in [0.25, 0.3) is 0 Å². The summed E-state index contributed by atoms with van der Waals surface area (Å²) in [6.07, 6.45) is 13.1. The van der Waals surface area contributed by atoms with E-state index < -0.39 is 10.0 Å². The van der Waals surface area contributed by atoms with Gasteiger partial charge in [0.2, 0.25) is 15.9 Å². The summed E-state index contributed by atoms with van der Waals surface area (Å²) in [6, 6.07) is 4.82. The monoisotopic (exact) mass is 477 g/mol. The summed E-state index contributed by atoms with van der Waals surface area (Å²) in [5.41, 5.74) is 0.662. The minimum Gasteiger partial charge on any atom is -0.302 e. The Labute approximate surface area is 196 Å². The first-order valence-corrected chi connectivity index (χ1v) is 13.6. The second kappa shape index (κ2) is 13.5. The maximum atomic E-state index is 12.9. The zero-order valence-corrected chi connectivity index (χ0v) is 20.6. The topological polar surface area (TPSA) is 79.4 Å². The Morgan fingerprint density at radius 3 is 2.31 bits per heavy atom. The zero-order chi connectivity index (χ0) is 23.4. The van der Waals surface area contributed by atoms with Crippen molar-refractivity contribution in [1.82, 2.24) is 9.29 Å². The van der Waals surface area contributed by atoms with E-state index in [1.54, 1.807) is 30.4 Å². The van der Waals surface area contributed by atoms with Crippen molar-refractivity contribution in [3.05, 3.63) is 43.5 Å². The number of rotatable bonds is 16. The molecule has 1 N–H and O–H groups in total. The van der Waals surface area contributed by atoms with Crippen LogP contribution in [0.5, 0.6) is 0 Å². The molecule has 2 aromatic rings. The molecule has 0 aliphatic heterocycles. The number of sulfonamides is 1. The molecule has 0 saturated carbocycles. The van der Waals surface area contributed by atoms with Crippen LogP contribution in [0.3, 0.4) is 0 Å². The van der Waals surface area contributed by atoms with Gasteiger partial charge in [0.05, 0.1) is 15.1 Å². The number of anilines is 1. The average molecular weight is 478 g/mol. The fourth-order valence-electron chi connectivity index (χ4n) is 3.43. The van der Waals surface area contributed by atoms with Crippen LogP contribution in [0.2, 0.25) is 0 Å². The van der Waals surface area contributed by atoms with E-state index in [4.69, 9.17) is 0 Å². The molecule has 2 rings (SSSR count). The third kappa shape index (κ3) is 7.83. The van der Waals surface area contributed by atoms with E-state index in [1.165, 1.54) is 54.2 Å². The van der Waals surface area contributed by atoms with Crippen molar-refractivity contribution in [1.29, 1.82) is 0 Å². The first-order chi connectivity index (χ1) is 15.4. The highest BCUT2D eigenvalue weighted by Crippen LogP contribution is 2.29. The molecule has 1 aromatic carbocycles. The normalized spacial score (nSPS) is 11.7. The summed E-state index contributed by atoms with van der Waals surface area (Å²) in [5.74, 6) is -0.0500. The number of unbranched alkanes of at least 4 members (excludes halogenated alkanes) is 7. The molecule has 0 atom stereocenters. The highest BCUT2D eigenvalue weighted by Gasteiger charge is 2.23. The number of hydrogen-bond acceptors (Lipinski definition) is 5. The van der Waals surface area contributed by atoms with E-state index in [9.17, 15) is 13.2 Å². The maximum Gasteiger partial charge on any atom is 0.243 e. The van der Waals surface area contributed by atoms with Gasteiger partial charge in [-0.05, 0) is 24.6 Å². The molecule has 1 heterocycles. The Bertz CT molecular complexity index is 989. The van der Waals surface area contributed by atoms with Gasteiger partial charge in [-0.1, -0.05) is 75.4 Å². The molecule has 0 fully saturated rings. The number of nitrogens with zero attached hydrogens (tertiary/aromatic N) is 2. The van der Waals surface area contributed by atoms with Gasteiger partial charge in [0.1, 0.15) is 0 Å². The number of aromatic nitrogens is 1. The van der Waals surface area contributed by atoms with Crippen LogP contribution in [-0.2, 0) is 14.8 Å². The second-order valence-corrected chi connectivity index (χ2v) is 10.8. The van der Waals surface area contributed by atoms with Crippen LogP contribution in [0.4, 0.5) is 5.13 Å². The molecule has 0 bridgehead atoms. The lowest BCUT2D eigenvalue weighted by atomic mass is 10.1. The van der Waals surface area contributed by atoms with E-state index in [1.807, 2.05) is 0 Å². The van der Waals surface area contributed by atoms with Gasteiger partial charge in [0, 0.05) is 19.5 Å². The number of nitrogens with one attached hydrogen (secondary N) is 1. The third-order valence-electron chi connectivity index (χ3n) is 5.17. The van der Waals surface area contributed by atoms with Crippen LogP contribution < -0.4 is 5.32 Å². The predicted octanol–water partition coefficient (Wildman–Crippen LogP) is 6.13. The molecule has 32 heavy (non-hydrogen) atoms. The van der Waals surface area contributed by atoms with E-state index in [0.717, 1.165) is 12.8 Å². The smallest absolute Gasteiger partial charge is 0.243 e. The van der Waals surface area contributed by atoms with Crippen molar-refractivity contribution in [2.75, 3.05) is 18.4 Å². The first-order valence-electron chi connectivity index (χ1n) is 11.3. The molecule has 0 spiro atoms. The maximum absolute atomic E-state index is 12.9. The summed E-state index contributed by atoms with van der Waals surface area (Å²) in [7, 11) is -3.67. The van der Waals surface area contributed by atoms with Crippen LogP contribution in [0.15, 0.2) is 48.4 Å². The Balaban J connectivity index is 1.93. The highest BCUT2D eigenvalue weighted by molar-refractivity contribution is 7.89. The minimum absolute atomic E-state index is 0.0500. The molecule has 0 aliphatic rings. The van der Waals surface area contributed by atoms with Crippen molar-refractivity contribution in [3.63, 3.8) is 0 Å². The lowest BCUT2D eigenvalue weighted by Crippen LogP contribution is -2.31. The summed E-state index contributed by atoms with van der Waals surface area (Å²) in [5, 5.41) is 3.35. The van der Waals surface area contributed by atoms with E-state index in [0.29, 0.717) is 21.8 Å². The van der Waals surface area contributed by atoms with Gasteiger partial charge >= 0.3 is 0 Å². The van der Waals surface area contributed by atoms with Crippen LogP contribution in [0.25, 0.3) is 10.2 Å². The van der Waals surface area contributed by atoms with Crippen molar-refractivity contribution < 1.29 is 13.2 Å². The van der Waals surface area contributed by atoms with Gasteiger partial charge in [0.15, 0.2) is 5.13 Å². The van der Waals surface area contributed by atoms with Crippen molar-refractivity contribution in [2.24, 2.45) is 0 Å². The first kappa shape index (κ1) is 26.2. The molecule has 0 saturated heterocycles. The summed E-state index contributed by atoms with van der Waals surface area (Å²) < 4.78 is 27.9. The van der Waals surface area contributed by atoms with Crippen LogP contribution in [0, 0.1) is 0 Å². The highest BCUT2D eigenvalue weighted by atomic mass is 32.2. The predicted molar refractivity (Wildman–Crippen MR) is 135 cm³/mol. The van der Waals surface area contributed by atoms with Crippen molar-refractivity contribution in [3.8, 4) is 0 Å². The van der Waals surface area contributed by atoms with E-state index in [2.05, 4.69) is 30.4 Å². The van der Waals surface area contributed by atoms with Gasteiger partial charge in [-0.25, -0.2) is 13.4 Å². The fraction of sp³-hybridized carbons (Fsp3) is 0.500. The van der Waals surface area contributed by atoms with Gasteiger partial charge in [-0.2, -0.15) is 4.31 Å². The van der Waals surface area contributed by atoms with Gasteiger partial charge < -0.3 is 5.32 Å². The number of fused-ring (bicyclic) bond motifs is 1. The molecular weight excluding hydrogens is 442 g/mol. The zero-order valence-electron chi connectivity index (χ0n) is 19.0. The van der Waals surface area contributed by atoms with Crippen molar-refractivity contribution in [2.45, 2.75) is 69.6 Å². The molecule has 176 valence electrons. The van der Waals surface area contributed by atoms with Crippen molar-refractivity contribution >= 4 is 42.6 Å². The quantitative estimate of drug-likeness (QED) is 0.233. The Morgan fingerprint density at radius 2 is 1.69 bits per heavy atom. The molecule has 0 radical (unpaired) electrons. The lowest BCUT2D eigenvalue weighted by molar-refractivity contribution is -0.116. The number of benzene rings is 1. The number of carbonyl (C=O) groups excluding carboxylic acids is 1. The fourth-order valence-corrected chi connectivity index (χ4v) is 5.83. The molecule has 1 amide bonds. The van der Waals surface area contributed by atoms with Gasteiger partial charge in [-0.15, -0.1) is 13.2 Å². The number of carbonyl (C=O) groups is 1. The lowest BCUT2D eigenvalue weighted by Gasteiger charge is -2.18. The Kier molecular flexibility index (Phi) is 11.1. The SMILES string of the molecule is C=CCN(CC=C)S(=O)(=O)c1ccc2nc(NC(=O)CCCCCCCCCC)sc2c1. The molecule has 1 aromatic heterocycles. The Hall–Kier alpha value is -2.03. The number of thiazole rings is 1. The number of hydrogen-bond donors (Lipinski definition) is 1. The average Bonchev–Trinajstić information content (AvgIpc) is 3.16. The molecule has 0 unspecified atom stereocenters. The molecule has 6 nitrogen and oxygen atoms in total. The third-order valence-corrected chi connectivity index (χ3v) is 7.93. The summed E-state index contributed by atoms with van der Waals surface area (Å²) in [6.45, 7) is 9.88. The number of amides is 1. The minimum atomic E-state index is -3.67. The largest absolute Gasteiger partial charge is 0.302 e. The summed E-state index contributed by atoms with van der Waals surface area (Å²) >= 11 is 1.28. The van der Waals surface area contributed by atoms with E-state index >= 15 is 0 Å². The molecule has 8 heteroatoms. The van der Waals surface area contributed by atoms with Gasteiger partial charge in [-0.3, -0.25) is 4.79 Å². The molecular formula is C24H35N3O3S2. The standard InChI is InChI=1S/C24H35N3O3S2/c1-4-7-8-9-10-11-12-13-14-23(28)26-24-25-21-16-15-20(19-22(21)31-24)32(29,30)27(17-5-2)18-6-3/h5-6,15-16,19H,2-4,7-14,17-18H2,1H3,(H,25,26,28). The van der Waals surface area contributed by atoms with E-state index in [-0.39, 0.29) is 23.9 Å². The second-order valence-electron chi connectivity index (χ2n) is 7.82. The van der Waals surface area contributed by atoms with Crippen LogP contribution in [0.1, 0.15) is 64.7 Å². The summed E-state index contributed by atoms with van der Waals surface area (Å²) in [4.78, 5) is 16.9.